The molecule has 1 aliphatic heterocycles. The molecule has 2 unspecified atom stereocenters. The maximum atomic E-state index is 13.5. The largest absolute Gasteiger partial charge is 0.480 e. The summed E-state index contributed by atoms with van der Waals surface area (Å²) < 4.78 is 5.91. The summed E-state index contributed by atoms with van der Waals surface area (Å²) in [5.74, 6) is -1.66. The fourth-order valence-corrected chi connectivity index (χ4v) is 5.31. The standard InChI is InChI=1S/C28H29N3O4/c29-16-18-6-5-7-19(14-18)31-13-12-28(30,27(33)34)15-25(31)26(32)35-17-24-22-10-3-1-8-20(22)21-9-2-4-11-23(21)24/h1-11,14,24-25H,12-13,15-17,29-30H2,(H,33,34). The minimum atomic E-state index is -1.49. The zero-order chi connectivity index (χ0) is 24.6. The van der Waals surface area contributed by atoms with Gasteiger partial charge in [0.25, 0.3) is 0 Å². The van der Waals surface area contributed by atoms with Crippen LogP contribution in [-0.4, -0.2) is 41.8 Å². The van der Waals surface area contributed by atoms with Crippen LogP contribution in [0.4, 0.5) is 5.69 Å². The van der Waals surface area contributed by atoms with Crippen molar-refractivity contribution in [1.29, 1.82) is 0 Å². The highest BCUT2D eigenvalue weighted by atomic mass is 16.5. The number of aliphatic carboxylic acids is 1. The van der Waals surface area contributed by atoms with Crippen LogP contribution in [0.25, 0.3) is 11.1 Å². The fourth-order valence-electron chi connectivity index (χ4n) is 5.31. The molecule has 5 rings (SSSR count). The minimum Gasteiger partial charge on any atom is -0.480 e. The van der Waals surface area contributed by atoms with Crippen LogP contribution >= 0.6 is 0 Å². The quantitative estimate of drug-likeness (QED) is 0.472. The van der Waals surface area contributed by atoms with Gasteiger partial charge in [-0.15, -0.1) is 0 Å². The number of carboxylic acid groups (broad SMARTS) is 1. The smallest absolute Gasteiger partial charge is 0.328 e. The zero-order valence-corrected chi connectivity index (χ0v) is 19.4. The van der Waals surface area contributed by atoms with Crippen molar-refractivity contribution < 1.29 is 19.4 Å². The second-order valence-electron chi connectivity index (χ2n) is 9.36. The number of carbonyl (C=O) groups is 2. The van der Waals surface area contributed by atoms with Gasteiger partial charge in [0.15, 0.2) is 0 Å². The predicted octanol–water partition coefficient (Wildman–Crippen LogP) is 3.25. The first-order chi connectivity index (χ1) is 16.9. The number of rotatable bonds is 6. The van der Waals surface area contributed by atoms with E-state index in [4.69, 9.17) is 16.2 Å². The second-order valence-corrected chi connectivity index (χ2v) is 9.36. The molecule has 0 bridgehead atoms. The number of fused-ring (bicyclic) bond motifs is 3. The maximum absolute atomic E-state index is 13.5. The molecule has 0 radical (unpaired) electrons. The molecule has 5 N–H and O–H groups in total. The molecule has 2 atom stereocenters. The molecule has 7 nitrogen and oxygen atoms in total. The van der Waals surface area contributed by atoms with E-state index in [9.17, 15) is 14.7 Å². The molecule has 180 valence electrons. The predicted molar refractivity (Wildman–Crippen MR) is 134 cm³/mol. The molecule has 0 spiro atoms. The number of carbonyl (C=O) groups excluding carboxylic acids is 1. The number of hydrogen-bond donors (Lipinski definition) is 3. The lowest BCUT2D eigenvalue weighted by Gasteiger charge is -2.42. The summed E-state index contributed by atoms with van der Waals surface area (Å²) in [6, 6.07) is 23.1. The number of esters is 1. The van der Waals surface area contributed by atoms with Gasteiger partial charge < -0.3 is 26.2 Å². The number of benzene rings is 3. The number of nitrogens with two attached hydrogens (primary N) is 2. The van der Waals surface area contributed by atoms with Crippen molar-refractivity contribution >= 4 is 17.6 Å². The third-order valence-electron chi connectivity index (χ3n) is 7.26. The third-order valence-corrected chi connectivity index (χ3v) is 7.26. The molecule has 1 fully saturated rings. The molecule has 7 heteroatoms. The van der Waals surface area contributed by atoms with Gasteiger partial charge in [-0.05, 0) is 46.4 Å². The summed E-state index contributed by atoms with van der Waals surface area (Å²) >= 11 is 0. The molecule has 3 aromatic carbocycles. The van der Waals surface area contributed by atoms with Crippen LogP contribution in [0, 0.1) is 0 Å². The summed E-state index contributed by atoms with van der Waals surface area (Å²) in [7, 11) is 0. The van der Waals surface area contributed by atoms with Crippen molar-refractivity contribution in [2.45, 2.75) is 36.9 Å². The van der Waals surface area contributed by atoms with Crippen LogP contribution in [0.1, 0.15) is 35.4 Å². The topological polar surface area (TPSA) is 119 Å². The van der Waals surface area contributed by atoms with E-state index < -0.39 is 23.5 Å². The average molecular weight is 472 g/mol. The zero-order valence-electron chi connectivity index (χ0n) is 19.4. The Hall–Kier alpha value is -3.68. The molecule has 1 aliphatic carbocycles. The number of anilines is 1. The van der Waals surface area contributed by atoms with Crippen molar-refractivity contribution in [1.82, 2.24) is 0 Å². The van der Waals surface area contributed by atoms with Gasteiger partial charge >= 0.3 is 11.9 Å². The molecule has 0 amide bonds. The van der Waals surface area contributed by atoms with Gasteiger partial charge in [-0.3, -0.25) is 4.79 Å². The van der Waals surface area contributed by atoms with Gasteiger partial charge in [0.1, 0.15) is 18.2 Å². The summed E-state index contributed by atoms with van der Waals surface area (Å²) in [4.78, 5) is 27.3. The van der Waals surface area contributed by atoms with E-state index >= 15 is 0 Å². The first-order valence-electron chi connectivity index (χ1n) is 11.8. The van der Waals surface area contributed by atoms with E-state index in [1.165, 1.54) is 0 Å². The third kappa shape index (κ3) is 4.17. The lowest BCUT2D eigenvalue weighted by Crippen LogP contribution is -2.61. The average Bonchev–Trinajstić information content (AvgIpc) is 3.21. The lowest BCUT2D eigenvalue weighted by molar-refractivity contribution is -0.149. The van der Waals surface area contributed by atoms with Gasteiger partial charge in [0.2, 0.25) is 0 Å². The number of ether oxygens (including phenoxy) is 1. The van der Waals surface area contributed by atoms with Crippen molar-refractivity contribution in [3.8, 4) is 11.1 Å². The van der Waals surface area contributed by atoms with Crippen molar-refractivity contribution in [3.63, 3.8) is 0 Å². The van der Waals surface area contributed by atoms with Gasteiger partial charge in [-0.1, -0.05) is 60.7 Å². The number of piperidine rings is 1. The van der Waals surface area contributed by atoms with Crippen LogP contribution in [0.2, 0.25) is 0 Å². The second kappa shape index (κ2) is 9.17. The molecule has 35 heavy (non-hydrogen) atoms. The Bertz CT molecular complexity index is 1230. The number of carboxylic acids is 1. The monoisotopic (exact) mass is 471 g/mol. The molecule has 1 saturated heterocycles. The summed E-state index contributed by atoms with van der Waals surface area (Å²) in [6.07, 6.45) is 0.189. The van der Waals surface area contributed by atoms with Gasteiger partial charge in [-0.25, -0.2) is 4.79 Å². The summed E-state index contributed by atoms with van der Waals surface area (Å²) in [5, 5.41) is 9.74. The maximum Gasteiger partial charge on any atom is 0.328 e. The van der Waals surface area contributed by atoms with Gasteiger partial charge in [0, 0.05) is 31.1 Å². The van der Waals surface area contributed by atoms with E-state index in [2.05, 4.69) is 24.3 Å². The molecular formula is C28H29N3O4. The van der Waals surface area contributed by atoms with Crippen LogP contribution in [0.15, 0.2) is 72.8 Å². The Morgan fingerprint density at radius 1 is 1.00 bits per heavy atom. The van der Waals surface area contributed by atoms with E-state index in [0.717, 1.165) is 33.5 Å². The Morgan fingerprint density at radius 3 is 2.29 bits per heavy atom. The lowest BCUT2D eigenvalue weighted by atomic mass is 9.83. The normalized spacial score (nSPS) is 21.3. The van der Waals surface area contributed by atoms with Crippen LogP contribution in [0.3, 0.4) is 0 Å². The highest BCUT2D eigenvalue weighted by molar-refractivity contribution is 5.86. The minimum absolute atomic E-state index is 0.0359. The molecule has 0 saturated carbocycles. The Kier molecular flexibility index (Phi) is 6.05. The first kappa shape index (κ1) is 23.1. The van der Waals surface area contributed by atoms with Crippen LogP contribution in [0.5, 0.6) is 0 Å². The van der Waals surface area contributed by atoms with Crippen molar-refractivity contribution in [2.24, 2.45) is 11.5 Å². The molecule has 3 aromatic rings. The molecule has 0 aromatic heterocycles. The Morgan fingerprint density at radius 2 is 1.66 bits per heavy atom. The first-order valence-corrected chi connectivity index (χ1v) is 11.8. The molecule has 2 aliphatic rings. The van der Waals surface area contributed by atoms with E-state index in [-0.39, 0.29) is 25.4 Å². The van der Waals surface area contributed by atoms with Gasteiger partial charge in [-0.2, -0.15) is 0 Å². The van der Waals surface area contributed by atoms with Crippen LogP contribution < -0.4 is 16.4 Å². The fraction of sp³-hybridized carbons (Fsp3) is 0.286. The number of nitrogens with zero attached hydrogens (tertiary/aromatic N) is 1. The molecule has 1 heterocycles. The van der Waals surface area contributed by atoms with Crippen LogP contribution in [-0.2, 0) is 20.9 Å². The summed E-state index contributed by atoms with van der Waals surface area (Å²) in [5.41, 5.74) is 16.8. The Balaban J connectivity index is 1.41. The van der Waals surface area contributed by atoms with Crippen molar-refractivity contribution in [2.75, 3.05) is 18.1 Å². The van der Waals surface area contributed by atoms with E-state index in [1.807, 2.05) is 53.4 Å². The summed E-state index contributed by atoms with van der Waals surface area (Å²) in [6.45, 7) is 0.865. The van der Waals surface area contributed by atoms with E-state index in [1.54, 1.807) is 0 Å². The van der Waals surface area contributed by atoms with Gasteiger partial charge in [0.05, 0.1) is 0 Å². The Labute approximate surface area is 204 Å². The SMILES string of the molecule is NCc1cccc(N2CCC(N)(C(=O)O)CC2C(=O)OCC2c3ccccc3-c3ccccc32)c1. The molecular weight excluding hydrogens is 442 g/mol. The highest BCUT2D eigenvalue weighted by Gasteiger charge is 2.46. The van der Waals surface area contributed by atoms with E-state index in [0.29, 0.717) is 13.1 Å². The highest BCUT2D eigenvalue weighted by Crippen LogP contribution is 2.44. The number of hydrogen-bond acceptors (Lipinski definition) is 6. The van der Waals surface area contributed by atoms with Crippen molar-refractivity contribution in [3.05, 3.63) is 89.5 Å².